The van der Waals surface area contributed by atoms with Crippen LogP contribution in [0.1, 0.15) is 69.7 Å². The van der Waals surface area contributed by atoms with Crippen LogP contribution in [0.2, 0.25) is 16.6 Å². The van der Waals surface area contributed by atoms with Crippen molar-refractivity contribution in [3.63, 3.8) is 0 Å². The van der Waals surface area contributed by atoms with Crippen molar-refractivity contribution in [2.24, 2.45) is 0 Å². The zero-order chi connectivity index (χ0) is 37.4. The number of hydrogen-bond acceptors (Lipinski definition) is 6. The Kier molecular flexibility index (Phi) is 12.4. The molecule has 0 heterocycles. The molecular weight excluding hydrogens is 669 g/mol. The topological polar surface area (TPSA) is 103 Å². The summed E-state index contributed by atoms with van der Waals surface area (Å²) in [6.07, 6.45) is 0.990. The highest BCUT2D eigenvalue weighted by Crippen LogP contribution is 2.45. The maximum atomic E-state index is 13.8. The van der Waals surface area contributed by atoms with Gasteiger partial charge in [0.25, 0.3) is 8.32 Å². The van der Waals surface area contributed by atoms with Crippen LogP contribution >= 0.6 is 0 Å². The molecule has 0 spiro atoms. The fourth-order valence-electron chi connectivity index (χ4n) is 7.67. The molecule has 9 heteroatoms. The molecular formula is C43H50N2O6Si. The minimum Gasteiger partial charge on any atom is -0.543 e. The van der Waals surface area contributed by atoms with Crippen LogP contribution in [0.15, 0.2) is 109 Å². The van der Waals surface area contributed by atoms with Gasteiger partial charge in [-0.1, -0.05) is 133 Å². The third-order valence-corrected chi connectivity index (χ3v) is 16.1. The van der Waals surface area contributed by atoms with Gasteiger partial charge < -0.3 is 24.5 Å². The Bertz CT molecular complexity index is 1820. The van der Waals surface area contributed by atoms with Gasteiger partial charge in [0.1, 0.15) is 24.1 Å². The van der Waals surface area contributed by atoms with Crippen LogP contribution < -0.4 is 15.1 Å². The molecule has 0 aromatic heterocycles. The molecule has 4 aromatic rings. The van der Waals surface area contributed by atoms with E-state index in [0.29, 0.717) is 22.2 Å². The number of alkyl carbamates (subject to hydrolysis) is 1. The second kappa shape index (κ2) is 16.9. The van der Waals surface area contributed by atoms with Crippen molar-refractivity contribution < 1.29 is 28.3 Å². The molecule has 0 aliphatic heterocycles. The van der Waals surface area contributed by atoms with Crippen molar-refractivity contribution in [2.75, 3.05) is 13.7 Å². The second-order valence-corrected chi connectivity index (χ2v) is 19.6. The predicted molar refractivity (Wildman–Crippen MR) is 208 cm³/mol. The van der Waals surface area contributed by atoms with Gasteiger partial charge in [0.2, 0.25) is 5.91 Å². The summed E-state index contributed by atoms with van der Waals surface area (Å²) in [5.41, 5.74) is 7.09. The second-order valence-electron chi connectivity index (χ2n) is 14.2. The highest BCUT2D eigenvalue weighted by Gasteiger charge is 2.47. The summed E-state index contributed by atoms with van der Waals surface area (Å²) in [6, 6.07) is 32.0. The molecule has 0 radical (unpaired) electrons. The van der Waals surface area contributed by atoms with Gasteiger partial charge in [0, 0.05) is 12.3 Å². The standard InChI is InChI=1S/C43H50N2O6Si/c1-28(2)52(29(3)4,30(5)6)51-33-23-21-32(22-24-33)26-40(42(47)49-7)44-41(46)39(25-31-15-9-8-10-16-31)45-43(48)50-27-38-36-19-13-11-17-34(36)35-18-12-14-20-37(35)38/h8-24,26,28-30,38-39H,25,27H2,1-7H3,(H,44,46)(H,45,48)/b40-26-/t39-/m1/s1. The molecule has 4 aromatic carbocycles. The lowest BCUT2D eigenvalue weighted by Gasteiger charge is -2.42. The molecule has 2 N–H and O–H groups in total. The summed E-state index contributed by atoms with van der Waals surface area (Å²) in [5.74, 6) is -0.668. The van der Waals surface area contributed by atoms with E-state index in [2.05, 4.69) is 64.3 Å². The van der Waals surface area contributed by atoms with Crippen molar-refractivity contribution >= 4 is 32.4 Å². The number of methoxy groups -OCH3 is 1. The lowest BCUT2D eigenvalue weighted by Crippen LogP contribution is -2.50. The van der Waals surface area contributed by atoms with Gasteiger partial charge in [0.15, 0.2) is 0 Å². The molecule has 1 atom stereocenters. The third kappa shape index (κ3) is 8.48. The molecule has 0 bridgehead atoms. The van der Waals surface area contributed by atoms with Crippen molar-refractivity contribution in [3.8, 4) is 16.9 Å². The minimum absolute atomic E-state index is 0.0659. The number of nitrogens with one attached hydrogen (secondary N) is 2. The molecule has 0 saturated heterocycles. The van der Waals surface area contributed by atoms with Gasteiger partial charge in [-0.15, -0.1) is 0 Å². The number of benzene rings is 4. The van der Waals surface area contributed by atoms with E-state index < -0.39 is 32.3 Å². The SMILES string of the molecule is COC(=O)/C(=C/c1ccc(O[Si](C(C)C)(C(C)C)C(C)C)cc1)NC(=O)[C@@H](Cc1ccccc1)NC(=O)OCC1c2ccccc2-c2ccccc21. The summed E-state index contributed by atoms with van der Waals surface area (Å²) >= 11 is 0. The number of amides is 2. The lowest BCUT2D eigenvalue weighted by molar-refractivity contribution is -0.137. The van der Waals surface area contributed by atoms with E-state index >= 15 is 0 Å². The summed E-state index contributed by atoms with van der Waals surface area (Å²) < 4.78 is 17.6. The van der Waals surface area contributed by atoms with E-state index in [-0.39, 0.29) is 24.6 Å². The van der Waals surface area contributed by atoms with Crippen LogP contribution in [-0.4, -0.2) is 46.0 Å². The van der Waals surface area contributed by atoms with Crippen LogP contribution in [0.4, 0.5) is 4.79 Å². The Balaban J connectivity index is 1.32. The summed E-state index contributed by atoms with van der Waals surface area (Å²) in [5, 5.41) is 5.47. The number of carbonyl (C=O) groups is 3. The van der Waals surface area contributed by atoms with E-state index in [1.807, 2.05) is 91.0 Å². The van der Waals surface area contributed by atoms with E-state index in [0.717, 1.165) is 33.6 Å². The van der Waals surface area contributed by atoms with Crippen LogP contribution in [0.25, 0.3) is 17.2 Å². The monoisotopic (exact) mass is 718 g/mol. The van der Waals surface area contributed by atoms with Crippen molar-refractivity contribution in [3.05, 3.63) is 131 Å². The third-order valence-electron chi connectivity index (χ3n) is 10.1. The first-order valence-corrected chi connectivity index (χ1v) is 20.1. The maximum absolute atomic E-state index is 13.8. The number of hydrogen-bond donors (Lipinski definition) is 2. The van der Waals surface area contributed by atoms with Crippen molar-refractivity contribution in [1.29, 1.82) is 0 Å². The Morgan fingerprint density at radius 3 is 1.81 bits per heavy atom. The Morgan fingerprint density at radius 1 is 0.731 bits per heavy atom. The Hall–Kier alpha value is -5.15. The van der Waals surface area contributed by atoms with Gasteiger partial charge >= 0.3 is 12.1 Å². The number of carbonyl (C=O) groups excluding carboxylic acids is 3. The fraction of sp³-hybridized carbons (Fsp3) is 0.326. The number of ether oxygens (including phenoxy) is 2. The number of esters is 1. The van der Waals surface area contributed by atoms with Gasteiger partial charge in [-0.3, -0.25) is 4.79 Å². The Morgan fingerprint density at radius 2 is 1.27 bits per heavy atom. The maximum Gasteiger partial charge on any atom is 0.407 e. The molecule has 52 heavy (non-hydrogen) atoms. The zero-order valence-corrected chi connectivity index (χ0v) is 32.1. The van der Waals surface area contributed by atoms with Gasteiger partial charge in [0.05, 0.1) is 7.11 Å². The van der Waals surface area contributed by atoms with Crippen molar-refractivity contribution in [2.45, 2.75) is 76.5 Å². The van der Waals surface area contributed by atoms with E-state index in [4.69, 9.17) is 13.9 Å². The average molecular weight is 719 g/mol. The molecule has 5 rings (SSSR count). The molecule has 2 amide bonds. The zero-order valence-electron chi connectivity index (χ0n) is 31.1. The smallest absolute Gasteiger partial charge is 0.407 e. The van der Waals surface area contributed by atoms with E-state index in [1.165, 1.54) is 7.11 Å². The molecule has 1 aliphatic rings. The largest absolute Gasteiger partial charge is 0.543 e. The molecule has 272 valence electrons. The highest BCUT2D eigenvalue weighted by atomic mass is 28.4. The van der Waals surface area contributed by atoms with Gasteiger partial charge in [-0.05, 0) is 68.2 Å². The summed E-state index contributed by atoms with van der Waals surface area (Å²) in [4.78, 5) is 40.1. The minimum atomic E-state index is -2.16. The first-order valence-electron chi connectivity index (χ1n) is 18.0. The predicted octanol–water partition coefficient (Wildman–Crippen LogP) is 9.02. The number of rotatable bonds is 14. The van der Waals surface area contributed by atoms with Gasteiger partial charge in [-0.25, -0.2) is 9.59 Å². The quantitative estimate of drug-likeness (QED) is 0.0767. The molecule has 0 fully saturated rings. The van der Waals surface area contributed by atoms with E-state index in [1.54, 1.807) is 6.08 Å². The van der Waals surface area contributed by atoms with Gasteiger partial charge in [-0.2, -0.15) is 0 Å². The first-order chi connectivity index (χ1) is 24.9. The molecule has 0 saturated carbocycles. The van der Waals surface area contributed by atoms with Crippen LogP contribution in [0.5, 0.6) is 5.75 Å². The number of fused-ring (bicyclic) bond motifs is 3. The fourth-order valence-corrected chi connectivity index (χ4v) is 12.9. The van der Waals surface area contributed by atoms with Crippen LogP contribution in [0.3, 0.4) is 0 Å². The summed E-state index contributed by atoms with van der Waals surface area (Å²) in [6.45, 7) is 13.5. The molecule has 8 nitrogen and oxygen atoms in total. The molecule has 1 aliphatic carbocycles. The van der Waals surface area contributed by atoms with E-state index in [9.17, 15) is 14.4 Å². The van der Waals surface area contributed by atoms with Crippen LogP contribution in [0, 0.1) is 0 Å². The normalized spacial score (nSPS) is 13.4. The van der Waals surface area contributed by atoms with Crippen LogP contribution in [-0.2, 0) is 25.5 Å². The Labute approximate surface area is 308 Å². The first kappa shape index (κ1) is 38.1. The summed E-state index contributed by atoms with van der Waals surface area (Å²) in [7, 11) is -0.905. The highest BCUT2D eigenvalue weighted by molar-refractivity contribution is 6.78. The molecule has 0 unspecified atom stereocenters. The average Bonchev–Trinajstić information content (AvgIpc) is 3.46. The lowest BCUT2D eigenvalue weighted by atomic mass is 9.98. The van der Waals surface area contributed by atoms with Crippen molar-refractivity contribution in [1.82, 2.24) is 10.6 Å².